The molecule has 0 aromatic heterocycles. The van der Waals surface area contributed by atoms with Crippen LogP contribution in [0, 0.1) is 0 Å². The summed E-state index contributed by atoms with van der Waals surface area (Å²) in [6, 6.07) is 24.7. The van der Waals surface area contributed by atoms with Crippen molar-refractivity contribution in [1.29, 1.82) is 0 Å². The molecule has 3 rings (SSSR count). The van der Waals surface area contributed by atoms with Gasteiger partial charge in [0.1, 0.15) is 11.5 Å². The molecule has 0 heterocycles. The third-order valence-electron chi connectivity index (χ3n) is 3.31. The summed E-state index contributed by atoms with van der Waals surface area (Å²) in [6.45, 7) is 0. The highest BCUT2D eigenvalue weighted by atomic mass is 35.5. The van der Waals surface area contributed by atoms with E-state index in [1.54, 1.807) is 6.07 Å². The number of benzene rings is 3. The molecule has 0 unspecified atom stereocenters. The topological polar surface area (TPSA) is 38.3 Å². The number of halogens is 1. The Labute approximate surface area is 139 Å². The number of para-hydroxylation sites is 3. The SMILES string of the molecule is O=C(Cl)Nc1ccccc1-c1ccccc1Oc1ccccc1. The third kappa shape index (κ3) is 3.71. The van der Waals surface area contributed by atoms with Gasteiger partial charge in [-0.25, -0.2) is 0 Å². The van der Waals surface area contributed by atoms with E-state index in [-0.39, 0.29) is 0 Å². The maximum Gasteiger partial charge on any atom is 0.318 e. The Balaban J connectivity index is 2.03. The standard InChI is InChI=1S/C19H14ClNO2/c20-19(22)21-17-12-6-4-10-15(17)16-11-5-7-13-18(16)23-14-8-2-1-3-9-14/h1-13H,(H,21,22). The summed E-state index contributed by atoms with van der Waals surface area (Å²) in [5, 5.41) is 2.01. The van der Waals surface area contributed by atoms with Crippen LogP contribution < -0.4 is 10.1 Å². The highest BCUT2D eigenvalue weighted by molar-refractivity contribution is 6.65. The third-order valence-corrected chi connectivity index (χ3v) is 3.40. The Kier molecular flexibility index (Phi) is 4.60. The number of rotatable bonds is 4. The fraction of sp³-hybridized carbons (Fsp3) is 0. The maximum absolute atomic E-state index is 11.2. The first-order valence-electron chi connectivity index (χ1n) is 7.12. The molecule has 1 amide bonds. The van der Waals surface area contributed by atoms with E-state index in [0.29, 0.717) is 11.4 Å². The number of hydrogen-bond donors (Lipinski definition) is 1. The normalized spacial score (nSPS) is 10.1. The van der Waals surface area contributed by atoms with Crippen LogP contribution in [-0.4, -0.2) is 5.37 Å². The van der Waals surface area contributed by atoms with Gasteiger partial charge in [0, 0.05) is 16.8 Å². The van der Waals surface area contributed by atoms with Crippen LogP contribution in [0.5, 0.6) is 11.5 Å². The zero-order chi connectivity index (χ0) is 16.1. The lowest BCUT2D eigenvalue weighted by atomic mass is 10.0. The molecule has 4 heteroatoms. The van der Waals surface area contributed by atoms with E-state index >= 15 is 0 Å². The molecule has 0 spiro atoms. The van der Waals surface area contributed by atoms with Crippen molar-refractivity contribution in [2.24, 2.45) is 0 Å². The van der Waals surface area contributed by atoms with E-state index in [0.717, 1.165) is 16.9 Å². The van der Waals surface area contributed by atoms with Gasteiger partial charge in [0.25, 0.3) is 0 Å². The number of carbonyl (C=O) groups is 1. The largest absolute Gasteiger partial charge is 0.457 e. The van der Waals surface area contributed by atoms with Crippen LogP contribution in [0.1, 0.15) is 0 Å². The quantitative estimate of drug-likeness (QED) is 0.478. The second kappa shape index (κ2) is 6.99. The molecule has 3 nitrogen and oxygen atoms in total. The number of amides is 1. The second-order valence-corrected chi connectivity index (χ2v) is 5.20. The Morgan fingerprint density at radius 3 is 2.13 bits per heavy atom. The molecule has 3 aromatic carbocycles. The van der Waals surface area contributed by atoms with Gasteiger partial charge in [-0.2, -0.15) is 0 Å². The maximum atomic E-state index is 11.2. The molecule has 114 valence electrons. The van der Waals surface area contributed by atoms with Crippen molar-refractivity contribution in [1.82, 2.24) is 0 Å². The van der Waals surface area contributed by atoms with E-state index in [1.165, 1.54) is 0 Å². The summed E-state index contributed by atoms with van der Waals surface area (Å²) in [6.07, 6.45) is 0. The minimum atomic E-state index is -0.626. The number of nitrogens with one attached hydrogen (secondary N) is 1. The predicted molar refractivity (Wildman–Crippen MR) is 93.3 cm³/mol. The van der Waals surface area contributed by atoms with Crippen LogP contribution in [0.2, 0.25) is 0 Å². The van der Waals surface area contributed by atoms with E-state index in [9.17, 15) is 4.79 Å². The Morgan fingerprint density at radius 2 is 1.39 bits per heavy atom. The summed E-state index contributed by atoms with van der Waals surface area (Å²) in [7, 11) is 0. The molecular weight excluding hydrogens is 310 g/mol. The monoisotopic (exact) mass is 323 g/mol. The van der Waals surface area contributed by atoms with Gasteiger partial charge in [-0.15, -0.1) is 0 Å². The highest BCUT2D eigenvalue weighted by Gasteiger charge is 2.11. The fourth-order valence-electron chi connectivity index (χ4n) is 2.33. The molecule has 0 saturated heterocycles. The average molecular weight is 324 g/mol. The molecule has 0 atom stereocenters. The van der Waals surface area contributed by atoms with Gasteiger partial charge in [0.2, 0.25) is 0 Å². The van der Waals surface area contributed by atoms with Crippen LogP contribution in [0.4, 0.5) is 10.5 Å². The lowest BCUT2D eigenvalue weighted by Crippen LogP contribution is -2.02. The molecule has 0 saturated carbocycles. The van der Waals surface area contributed by atoms with Gasteiger partial charge in [0.05, 0.1) is 0 Å². The summed E-state index contributed by atoms with van der Waals surface area (Å²) in [5.74, 6) is 1.45. The minimum absolute atomic E-state index is 0.626. The van der Waals surface area contributed by atoms with Gasteiger partial charge in [-0.05, 0) is 35.9 Å². The zero-order valence-corrected chi connectivity index (χ0v) is 13.0. The summed E-state index contributed by atoms with van der Waals surface area (Å²) >= 11 is 5.46. The number of carbonyl (C=O) groups excluding carboxylic acids is 1. The van der Waals surface area contributed by atoms with Crippen molar-refractivity contribution in [2.45, 2.75) is 0 Å². The van der Waals surface area contributed by atoms with E-state index in [1.807, 2.05) is 72.8 Å². The first-order chi connectivity index (χ1) is 11.2. The molecule has 0 fully saturated rings. The van der Waals surface area contributed by atoms with Crippen molar-refractivity contribution in [3.8, 4) is 22.6 Å². The van der Waals surface area contributed by atoms with Crippen LogP contribution in [0.25, 0.3) is 11.1 Å². The lowest BCUT2D eigenvalue weighted by molar-refractivity contribution is 0.269. The zero-order valence-electron chi connectivity index (χ0n) is 12.2. The minimum Gasteiger partial charge on any atom is -0.457 e. The van der Waals surface area contributed by atoms with Crippen molar-refractivity contribution in [3.05, 3.63) is 78.9 Å². The molecular formula is C19H14ClNO2. The van der Waals surface area contributed by atoms with Crippen LogP contribution in [0.15, 0.2) is 78.9 Å². The Hall–Kier alpha value is -2.78. The summed E-state index contributed by atoms with van der Waals surface area (Å²) in [4.78, 5) is 11.2. The molecule has 23 heavy (non-hydrogen) atoms. The molecule has 0 aliphatic heterocycles. The van der Waals surface area contributed by atoms with Crippen molar-refractivity contribution >= 4 is 22.7 Å². The van der Waals surface area contributed by atoms with Crippen LogP contribution in [0.3, 0.4) is 0 Å². The molecule has 3 aromatic rings. The number of hydrogen-bond acceptors (Lipinski definition) is 2. The number of anilines is 1. The van der Waals surface area contributed by atoms with Crippen LogP contribution in [-0.2, 0) is 0 Å². The van der Waals surface area contributed by atoms with Gasteiger partial charge in [-0.1, -0.05) is 54.6 Å². The lowest BCUT2D eigenvalue weighted by Gasteiger charge is -2.14. The average Bonchev–Trinajstić information content (AvgIpc) is 2.56. The first kappa shape index (κ1) is 15.1. The van der Waals surface area contributed by atoms with Gasteiger partial charge >= 0.3 is 5.37 Å². The molecule has 0 bridgehead atoms. The van der Waals surface area contributed by atoms with E-state index in [4.69, 9.17) is 16.3 Å². The summed E-state index contributed by atoms with van der Waals surface area (Å²) < 4.78 is 5.98. The summed E-state index contributed by atoms with van der Waals surface area (Å²) in [5.41, 5.74) is 2.35. The highest BCUT2D eigenvalue weighted by Crippen LogP contribution is 2.37. The Morgan fingerprint density at radius 1 is 0.783 bits per heavy atom. The number of ether oxygens (including phenoxy) is 1. The van der Waals surface area contributed by atoms with Crippen molar-refractivity contribution in [2.75, 3.05) is 5.32 Å². The smallest absolute Gasteiger partial charge is 0.318 e. The van der Waals surface area contributed by atoms with Gasteiger partial charge in [0.15, 0.2) is 0 Å². The van der Waals surface area contributed by atoms with Crippen molar-refractivity contribution < 1.29 is 9.53 Å². The van der Waals surface area contributed by atoms with Gasteiger partial charge in [-0.3, -0.25) is 4.79 Å². The Bertz CT molecular complexity index is 818. The van der Waals surface area contributed by atoms with E-state index in [2.05, 4.69) is 5.32 Å². The molecule has 1 N–H and O–H groups in total. The van der Waals surface area contributed by atoms with Gasteiger partial charge < -0.3 is 10.1 Å². The molecule has 0 radical (unpaired) electrons. The van der Waals surface area contributed by atoms with Crippen LogP contribution >= 0.6 is 11.6 Å². The van der Waals surface area contributed by atoms with Crippen molar-refractivity contribution in [3.63, 3.8) is 0 Å². The predicted octanol–water partition coefficient (Wildman–Crippen LogP) is 5.92. The molecule has 0 aliphatic rings. The first-order valence-corrected chi connectivity index (χ1v) is 7.49. The second-order valence-electron chi connectivity index (χ2n) is 4.86. The molecule has 0 aliphatic carbocycles. The van der Waals surface area contributed by atoms with E-state index < -0.39 is 5.37 Å². The fourth-order valence-corrected chi connectivity index (χ4v) is 2.43.